The topological polar surface area (TPSA) is 60.7 Å². The van der Waals surface area contributed by atoms with E-state index in [-0.39, 0.29) is 11.6 Å². The quantitative estimate of drug-likeness (QED) is 0.904. The van der Waals surface area contributed by atoms with Crippen LogP contribution in [-0.4, -0.2) is 12.0 Å². The fourth-order valence-electron chi connectivity index (χ4n) is 1.71. The van der Waals surface area contributed by atoms with Crippen molar-refractivity contribution in [3.63, 3.8) is 0 Å². The van der Waals surface area contributed by atoms with Crippen molar-refractivity contribution in [2.24, 2.45) is 0 Å². The van der Waals surface area contributed by atoms with Crippen LogP contribution in [0.5, 0.6) is 0 Å². The molecular formula is C14H11F3N4. The summed E-state index contributed by atoms with van der Waals surface area (Å²) in [6.45, 7) is 0. The van der Waals surface area contributed by atoms with Gasteiger partial charge < -0.3 is 10.6 Å². The minimum Gasteiger partial charge on any atom is -0.373 e. The van der Waals surface area contributed by atoms with E-state index in [2.05, 4.69) is 15.6 Å². The first-order valence-electron chi connectivity index (χ1n) is 5.97. The molecule has 0 saturated heterocycles. The standard InChI is InChI=1S/C14H11F3N4/c1-19-12-6-10(14(15,16)17)7-13(21-12)20-11-5-3-2-4-9(11)8-18/h2-7H,1H3,(H2,19,20,21). The van der Waals surface area contributed by atoms with Crippen molar-refractivity contribution in [2.45, 2.75) is 6.18 Å². The fraction of sp³-hybridized carbons (Fsp3) is 0.143. The van der Waals surface area contributed by atoms with Gasteiger partial charge in [-0.1, -0.05) is 12.1 Å². The maximum atomic E-state index is 12.8. The Morgan fingerprint density at radius 3 is 2.43 bits per heavy atom. The van der Waals surface area contributed by atoms with Gasteiger partial charge in [0.1, 0.15) is 17.7 Å². The van der Waals surface area contributed by atoms with Crippen molar-refractivity contribution >= 4 is 17.3 Å². The van der Waals surface area contributed by atoms with Gasteiger partial charge in [0.2, 0.25) is 0 Å². The average molecular weight is 292 g/mol. The van der Waals surface area contributed by atoms with Gasteiger partial charge in [0.25, 0.3) is 0 Å². The molecule has 2 rings (SSSR count). The molecule has 0 spiro atoms. The molecule has 0 saturated carbocycles. The number of aromatic nitrogens is 1. The Labute approximate surface area is 119 Å². The largest absolute Gasteiger partial charge is 0.416 e. The molecule has 0 aliphatic carbocycles. The molecule has 0 atom stereocenters. The number of para-hydroxylation sites is 1. The number of nitrogens with one attached hydrogen (secondary N) is 2. The molecular weight excluding hydrogens is 281 g/mol. The summed E-state index contributed by atoms with van der Waals surface area (Å²) in [6, 6.07) is 10.3. The van der Waals surface area contributed by atoms with E-state index in [1.165, 1.54) is 7.05 Å². The molecule has 2 N–H and O–H groups in total. The number of nitriles is 1. The van der Waals surface area contributed by atoms with E-state index in [4.69, 9.17) is 5.26 Å². The Morgan fingerprint density at radius 2 is 1.81 bits per heavy atom. The van der Waals surface area contributed by atoms with Gasteiger partial charge >= 0.3 is 6.18 Å². The molecule has 4 nitrogen and oxygen atoms in total. The normalized spacial score (nSPS) is 10.8. The van der Waals surface area contributed by atoms with Crippen LogP contribution in [0, 0.1) is 11.3 Å². The smallest absolute Gasteiger partial charge is 0.373 e. The molecule has 0 aliphatic rings. The fourth-order valence-corrected chi connectivity index (χ4v) is 1.71. The summed E-state index contributed by atoms with van der Waals surface area (Å²) in [4.78, 5) is 4.00. The molecule has 7 heteroatoms. The molecule has 21 heavy (non-hydrogen) atoms. The van der Waals surface area contributed by atoms with Crippen LogP contribution < -0.4 is 10.6 Å². The zero-order valence-electron chi connectivity index (χ0n) is 11.0. The summed E-state index contributed by atoms with van der Waals surface area (Å²) in [6.07, 6.45) is -4.47. The number of pyridine rings is 1. The summed E-state index contributed by atoms with van der Waals surface area (Å²) >= 11 is 0. The van der Waals surface area contributed by atoms with Crippen LogP contribution >= 0.6 is 0 Å². The second-order valence-electron chi connectivity index (χ2n) is 4.16. The third kappa shape index (κ3) is 3.42. The van der Waals surface area contributed by atoms with Gasteiger partial charge in [0.15, 0.2) is 0 Å². The predicted molar refractivity (Wildman–Crippen MR) is 73.2 cm³/mol. The molecule has 1 aromatic carbocycles. The average Bonchev–Trinajstić information content (AvgIpc) is 2.46. The van der Waals surface area contributed by atoms with Crippen LogP contribution in [0.1, 0.15) is 11.1 Å². The van der Waals surface area contributed by atoms with Crippen molar-refractivity contribution in [1.29, 1.82) is 5.26 Å². The highest BCUT2D eigenvalue weighted by Gasteiger charge is 2.31. The molecule has 0 radical (unpaired) electrons. The van der Waals surface area contributed by atoms with E-state index in [1.54, 1.807) is 24.3 Å². The van der Waals surface area contributed by atoms with Crippen LogP contribution in [0.2, 0.25) is 0 Å². The molecule has 0 fully saturated rings. The Hall–Kier alpha value is -2.75. The Balaban J connectivity index is 2.42. The van der Waals surface area contributed by atoms with Crippen molar-refractivity contribution in [2.75, 3.05) is 17.7 Å². The Bertz CT molecular complexity index is 689. The Morgan fingerprint density at radius 1 is 1.14 bits per heavy atom. The summed E-state index contributed by atoms with van der Waals surface area (Å²) in [5.41, 5.74) is -0.101. The van der Waals surface area contributed by atoms with Gasteiger partial charge in [0.05, 0.1) is 16.8 Å². The maximum absolute atomic E-state index is 12.8. The molecule has 0 amide bonds. The van der Waals surface area contributed by atoms with E-state index >= 15 is 0 Å². The second kappa shape index (κ2) is 5.71. The second-order valence-corrected chi connectivity index (χ2v) is 4.16. The van der Waals surface area contributed by atoms with Crippen LogP contribution in [-0.2, 0) is 6.18 Å². The summed E-state index contributed by atoms with van der Waals surface area (Å²) in [5.74, 6) is 0.0960. The number of hydrogen-bond acceptors (Lipinski definition) is 4. The van der Waals surface area contributed by atoms with Crippen molar-refractivity contribution in [3.8, 4) is 6.07 Å². The van der Waals surface area contributed by atoms with E-state index in [9.17, 15) is 13.2 Å². The third-order valence-corrected chi connectivity index (χ3v) is 2.72. The maximum Gasteiger partial charge on any atom is 0.416 e. The van der Waals surface area contributed by atoms with E-state index < -0.39 is 11.7 Å². The minimum atomic E-state index is -4.47. The van der Waals surface area contributed by atoms with Crippen molar-refractivity contribution in [1.82, 2.24) is 4.98 Å². The first-order valence-corrected chi connectivity index (χ1v) is 5.97. The zero-order valence-corrected chi connectivity index (χ0v) is 11.0. The SMILES string of the molecule is CNc1cc(C(F)(F)F)cc(Nc2ccccc2C#N)n1. The number of rotatable bonds is 3. The number of benzene rings is 1. The molecule has 0 bridgehead atoms. The van der Waals surface area contributed by atoms with Gasteiger partial charge in [-0.15, -0.1) is 0 Å². The summed E-state index contributed by atoms with van der Waals surface area (Å²) in [5, 5.41) is 14.3. The highest BCUT2D eigenvalue weighted by Crippen LogP contribution is 2.32. The van der Waals surface area contributed by atoms with Crippen LogP contribution in [0.15, 0.2) is 36.4 Å². The van der Waals surface area contributed by atoms with Crippen molar-refractivity contribution < 1.29 is 13.2 Å². The molecule has 108 valence electrons. The number of nitrogens with zero attached hydrogens (tertiary/aromatic N) is 2. The summed E-state index contributed by atoms with van der Waals surface area (Å²) in [7, 11) is 1.48. The van der Waals surface area contributed by atoms with Crippen molar-refractivity contribution in [3.05, 3.63) is 47.5 Å². The van der Waals surface area contributed by atoms with E-state index in [0.29, 0.717) is 11.3 Å². The monoisotopic (exact) mass is 292 g/mol. The molecule has 2 aromatic rings. The molecule has 0 unspecified atom stereocenters. The summed E-state index contributed by atoms with van der Waals surface area (Å²) < 4.78 is 38.5. The van der Waals surface area contributed by atoms with Gasteiger partial charge in [0, 0.05) is 7.05 Å². The Kier molecular flexibility index (Phi) is 3.98. The van der Waals surface area contributed by atoms with Crippen LogP contribution in [0.3, 0.4) is 0 Å². The van der Waals surface area contributed by atoms with Crippen LogP contribution in [0.4, 0.5) is 30.5 Å². The first kappa shape index (κ1) is 14.7. The predicted octanol–water partition coefficient (Wildman–Crippen LogP) is 3.76. The molecule has 1 aromatic heterocycles. The first-order chi connectivity index (χ1) is 9.94. The lowest BCUT2D eigenvalue weighted by Gasteiger charge is -2.13. The highest BCUT2D eigenvalue weighted by atomic mass is 19.4. The van der Waals surface area contributed by atoms with Gasteiger partial charge in [-0.3, -0.25) is 0 Å². The van der Waals surface area contributed by atoms with Gasteiger partial charge in [-0.25, -0.2) is 4.98 Å². The lowest BCUT2D eigenvalue weighted by molar-refractivity contribution is -0.137. The zero-order chi connectivity index (χ0) is 15.5. The van der Waals surface area contributed by atoms with Crippen LogP contribution in [0.25, 0.3) is 0 Å². The lowest BCUT2D eigenvalue weighted by Crippen LogP contribution is -2.08. The lowest BCUT2D eigenvalue weighted by atomic mass is 10.2. The number of halogens is 3. The van der Waals surface area contributed by atoms with E-state index in [1.807, 2.05) is 6.07 Å². The van der Waals surface area contributed by atoms with Gasteiger partial charge in [-0.05, 0) is 24.3 Å². The number of alkyl halides is 3. The molecule has 1 heterocycles. The van der Waals surface area contributed by atoms with Gasteiger partial charge in [-0.2, -0.15) is 18.4 Å². The molecule has 0 aliphatic heterocycles. The minimum absolute atomic E-state index is 0.0110. The number of hydrogen-bond donors (Lipinski definition) is 2. The highest BCUT2D eigenvalue weighted by molar-refractivity contribution is 5.65. The third-order valence-electron chi connectivity index (χ3n) is 2.72. The number of anilines is 3. The van der Waals surface area contributed by atoms with E-state index in [0.717, 1.165) is 12.1 Å².